The molecule has 1 atom stereocenters. The topological polar surface area (TPSA) is 17.1 Å². The minimum absolute atomic E-state index is 0.00489. The number of carbonyl (C=O) groups is 1. The summed E-state index contributed by atoms with van der Waals surface area (Å²) in [6, 6.07) is 9.92. The molecule has 0 heterocycles. The summed E-state index contributed by atoms with van der Waals surface area (Å²) in [6.07, 6.45) is 4.88. The van der Waals surface area contributed by atoms with Crippen LogP contribution in [0.25, 0.3) is 0 Å². The van der Waals surface area contributed by atoms with Gasteiger partial charge >= 0.3 is 0 Å². The van der Waals surface area contributed by atoms with Crippen LogP contribution < -0.4 is 0 Å². The first-order chi connectivity index (χ1) is 10.8. The van der Waals surface area contributed by atoms with Gasteiger partial charge in [0.1, 0.15) is 0 Å². The van der Waals surface area contributed by atoms with Crippen LogP contribution in [0.3, 0.4) is 0 Å². The SMILES string of the molecule is CCCCS(I)(CCCC)C(C(=O)c1ccccc1)C(C)(C)C. The van der Waals surface area contributed by atoms with Gasteiger partial charge in [0.2, 0.25) is 0 Å². The molecule has 0 aliphatic rings. The Kier molecular flexibility index (Phi) is 8.64. The standard InChI is InChI=1S/C20H33IOS/c1-6-8-15-23(21,16-9-7-2)19(20(3,4)5)18(22)17-13-11-10-12-14-17/h10-14,19H,6-9,15-16H2,1-5H3. The molecule has 0 N–H and O–H groups in total. The van der Waals surface area contributed by atoms with Crippen molar-refractivity contribution in [2.75, 3.05) is 11.5 Å². The van der Waals surface area contributed by atoms with Crippen molar-refractivity contribution in [2.45, 2.75) is 65.6 Å². The molecule has 0 amide bonds. The summed E-state index contributed by atoms with van der Waals surface area (Å²) in [6.45, 7) is 11.2. The van der Waals surface area contributed by atoms with Gasteiger partial charge in [-0.25, -0.2) is 0 Å². The van der Waals surface area contributed by atoms with Crippen molar-refractivity contribution >= 4 is 34.2 Å². The van der Waals surface area contributed by atoms with Crippen molar-refractivity contribution in [3.63, 3.8) is 0 Å². The Balaban J connectivity index is 3.22. The summed E-state index contributed by atoms with van der Waals surface area (Å²) < 4.78 is 0. The summed E-state index contributed by atoms with van der Waals surface area (Å²) in [7, 11) is -0.989. The predicted octanol–water partition coefficient (Wildman–Crippen LogP) is 7.04. The van der Waals surface area contributed by atoms with Crippen molar-refractivity contribution in [1.82, 2.24) is 0 Å². The molecule has 0 bridgehead atoms. The fraction of sp³-hybridized carbons (Fsp3) is 0.650. The Bertz CT molecular complexity index is 470. The van der Waals surface area contributed by atoms with E-state index < -0.39 is 7.20 Å². The molecule has 0 aliphatic heterocycles. The van der Waals surface area contributed by atoms with Gasteiger partial charge in [-0.15, -0.1) is 0 Å². The lowest BCUT2D eigenvalue weighted by Gasteiger charge is -2.47. The van der Waals surface area contributed by atoms with Gasteiger partial charge < -0.3 is 0 Å². The Morgan fingerprint density at radius 1 is 1.04 bits per heavy atom. The molecule has 0 radical (unpaired) electrons. The number of carbonyl (C=O) groups excluding carboxylic acids is 1. The van der Waals surface area contributed by atoms with E-state index in [-0.39, 0.29) is 10.7 Å². The van der Waals surface area contributed by atoms with Crippen LogP contribution in [0.4, 0.5) is 0 Å². The van der Waals surface area contributed by atoms with Crippen molar-refractivity contribution in [3.8, 4) is 0 Å². The quantitative estimate of drug-likeness (QED) is 0.293. The number of unbranched alkanes of at least 4 members (excludes halogenated alkanes) is 2. The summed E-state index contributed by atoms with van der Waals surface area (Å²) in [5, 5.41) is 0.135. The number of Topliss-reactive ketones (excluding diaryl/α,β-unsaturated/α-hetero) is 1. The number of benzene rings is 1. The van der Waals surface area contributed by atoms with Gasteiger partial charge in [-0.1, -0.05) is 77.8 Å². The highest BCUT2D eigenvalue weighted by Gasteiger charge is 2.43. The number of hydrogen-bond donors (Lipinski definition) is 0. The lowest BCUT2D eigenvalue weighted by molar-refractivity contribution is 0.0949. The number of ketones is 1. The van der Waals surface area contributed by atoms with Crippen LogP contribution in [-0.4, -0.2) is 22.5 Å². The third-order valence-electron chi connectivity index (χ3n) is 4.18. The molecular formula is C20H33IOS. The average molecular weight is 448 g/mol. The summed E-state index contributed by atoms with van der Waals surface area (Å²) in [4.78, 5) is 13.4. The summed E-state index contributed by atoms with van der Waals surface area (Å²) in [5.74, 6) is 2.78. The largest absolute Gasteiger partial charge is 0.293 e. The molecule has 1 aromatic rings. The van der Waals surface area contributed by atoms with Gasteiger partial charge in [0.15, 0.2) is 5.78 Å². The van der Waals surface area contributed by atoms with E-state index in [4.69, 9.17) is 0 Å². The van der Waals surface area contributed by atoms with Crippen LogP contribution in [0.15, 0.2) is 30.3 Å². The summed E-state index contributed by atoms with van der Waals surface area (Å²) in [5.41, 5.74) is 0.888. The summed E-state index contributed by atoms with van der Waals surface area (Å²) >= 11 is 2.71. The molecule has 1 rings (SSSR count). The second kappa shape index (κ2) is 9.45. The predicted molar refractivity (Wildman–Crippen MR) is 115 cm³/mol. The Hall–Kier alpha value is -0.0300. The Labute approximate surface area is 156 Å². The highest BCUT2D eigenvalue weighted by atomic mass is 127. The fourth-order valence-corrected chi connectivity index (χ4v) is 11.9. The maximum absolute atomic E-state index is 13.4. The second-order valence-electron chi connectivity index (χ2n) is 7.44. The fourth-order valence-electron chi connectivity index (χ4n) is 3.08. The third-order valence-corrected chi connectivity index (χ3v) is 12.0. The third kappa shape index (κ3) is 6.08. The molecule has 1 aromatic carbocycles. The van der Waals surface area contributed by atoms with Gasteiger partial charge in [0.05, 0.1) is 5.25 Å². The van der Waals surface area contributed by atoms with Crippen molar-refractivity contribution in [3.05, 3.63) is 35.9 Å². The van der Waals surface area contributed by atoms with E-state index in [9.17, 15) is 4.79 Å². The molecule has 1 nitrogen and oxygen atoms in total. The van der Waals surface area contributed by atoms with Gasteiger partial charge in [-0.2, -0.15) is 7.20 Å². The lowest BCUT2D eigenvalue weighted by atomic mass is 9.87. The second-order valence-corrected chi connectivity index (χ2v) is 15.7. The Morgan fingerprint density at radius 3 is 1.91 bits per heavy atom. The van der Waals surface area contributed by atoms with Crippen LogP contribution in [0, 0.1) is 5.41 Å². The zero-order valence-electron chi connectivity index (χ0n) is 15.4. The normalized spacial score (nSPS) is 14.5. The highest BCUT2D eigenvalue weighted by Crippen LogP contribution is 2.66. The van der Waals surface area contributed by atoms with Gasteiger partial charge in [-0.05, 0) is 51.0 Å². The Morgan fingerprint density at radius 2 is 1.52 bits per heavy atom. The van der Waals surface area contributed by atoms with Gasteiger partial charge in [0.25, 0.3) is 0 Å². The van der Waals surface area contributed by atoms with Crippen LogP contribution >= 0.6 is 28.4 Å². The van der Waals surface area contributed by atoms with E-state index in [1.165, 1.54) is 37.2 Å². The highest BCUT2D eigenvalue weighted by molar-refractivity contribution is 14.2. The molecule has 132 valence electrons. The van der Waals surface area contributed by atoms with Crippen LogP contribution in [0.2, 0.25) is 0 Å². The maximum atomic E-state index is 13.4. The zero-order valence-corrected chi connectivity index (χ0v) is 18.4. The van der Waals surface area contributed by atoms with E-state index in [2.05, 4.69) is 55.8 Å². The first kappa shape index (κ1) is 21.0. The van der Waals surface area contributed by atoms with Crippen LogP contribution in [-0.2, 0) is 0 Å². The molecule has 0 saturated heterocycles. The molecular weight excluding hydrogens is 415 g/mol. The van der Waals surface area contributed by atoms with Gasteiger partial charge in [-0.3, -0.25) is 4.79 Å². The molecule has 0 saturated carbocycles. The van der Waals surface area contributed by atoms with E-state index in [1.807, 2.05) is 30.3 Å². The van der Waals surface area contributed by atoms with Crippen molar-refractivity contribution in [2.24, 2.45) is 5.41 Å². The minimum Gasteiger partial charge on any atom is -0.293 e. The number of hydrogen-bond acceptors (Lipinski definition) is 1. The molecule has 0 spiro atoms. The zero-order chi connectivity index (χ0) is 17.5. The van der Waals surface area contributed by atoms with Crippen LogP contribution in [0.1, 0.15) is 70.7 Å². The van der Waals surface area contributed by atoms with E-state index >= 15 is 0 Å². The molecule has 1 unspecified atom stereocenters. The molecule has 3 heteroatoms. The molecule has 23 heavy (non-hydrogen) atoms. The van der Waals surface area contributed by atoms with E-state index in [0.717, 1.165) is 5.56 Å². The lowest BCUT2D eigenvalue weighted by Crippen LogP contribution is -2.39. The van der Waals surface area contributed by atoms with Crippen molar-refractivity contribution in [1.29, 1.82) is 0 Å². The van der Waals surface area contributed by atoms with E-state index in [1.54, 1.807) is 0 Å². The monoisotopic (exact) mass is 448 g/mol. The van der Waals surface area contributed by atoms with Crippen molar-refractivity contribution < 1.29 is 4.79 Å². The minimum atomic E-state index is -0.989. The average Bonchev–Trinajstić information content (AvgIpc) is 2.50. The van der Waals surface area contributed by atoms with E-state index in [0.29, 0.717) is 5.78 Å². The molecule has 0 fully saturated rings. The smallest absolute Gasteiger partial charge is 0.175 e. The maximum Gasteiger partial charge on any atom is 0.175 e. The molecule has 0 aromatic heterocycles. The van der Waals surface area contributed by atoms with Crippen LogP contribution in [0.5, 0.6) is 0 Å². The number of halogens is 1. The first-order valence-corrected chi connectivity index (χ1v) is 13.4. The van der Waals surface area contributed by atoms with Gasteiger partial charge in [0, 0.05) is 5.56 Å². The number of rotatable bonds is 9. The first-order valence-electron chi connectivity index (χ1n) is 8.82. The molecule has 0 aliphatic carbocycles.